The Hall–Kier alpha value is -0.960. The first-order valence-electron chi connectivity index (χ1n) is 7.12. The van der Waals surface area contributed by atoms with Crippen molar-refractivity contribution in [3.05, 3.63) is 29.6 Å². The largest absolute Gasteiger partial charge is 0.328 e. The van der Waals surface area contributed by atoms with E-state index in [-0.39, 0.29) is 0 Å². The van der Waals surface area contributed by atoms with Gasteiger partial charge in [-0.3, -0.25) is 0 Å². The Balaban J connectivity index is 2.52. The highest BCUT2D eigenvalue weighted by Gasteiger charge is 2.12. The molecule has 1 aromatic carbocycles. The van der Waals surface area contributed by atoms with Crippen LogP contribution in [0.2, 0.25) is 0 Å². The van der Waals surface area contributed by atoms with Gasteiger partial charge in [-0.1, -0.05) is 33.8 Å². The zero-order chi connectivity index (χ0) is 14.0. The third-order valence-electron chi connectivity index (χ3n) is 3.40. The van der Waals surface area contributed by atoms with Gasteiger partial charge >= 0.3 is 0 Å². The normalized spacial score (nSPS) is 11.9. The van der Waals surface area contributed by atoms with E-state index in [1.165, 1.54) is 16.9 Å². The molecule has 0 atom stereocenters. The number of thiol groups is 1. The summed E-state index contributed by atoms with van der Waals surface area (Å²) in [6.07, 6.45) is 0.932. The summed E-state index contributed by atoms with van der Waals surface area (Å²) >= 11 is 4.35. The summed E-state index contributed by atoms with van der Waals surface area (Å²) in [5.74, 6) is 3.19. The van der Waals surface area contributed by atoms with E-state index >= 15 is 0 Å². The molecule has 1 heterocycles. The van der Waals surface area contributed by atoms with Gasteiger partial charge in [0.1, 0.15) is 5.82 Å². The van der Waals surface area contributed by atoms with Gasteiger partial charge in [-0.2, -0.15) is 12.6 Å². The number of nitrogens with zero attached hydrogens (tertiary/aromatic N) is 2. The molecule has 0 N–H and O–H groups in total. The van der Waals surface area contributed by atoms with Gasteiger partial charge in [-0.25, -0.2) is 4.98 Å². The van der Waals surface area contributed by atoms with E-state index in [0.717, 1.165) is 24.2 Å². The zero-order valence-electron chi connectivity index (χ0n) is 12.3. The number of hydrogen-bond acceptors (Lipinski definition) is 2. The number of aryl methyl sites for hydroxylation is 1. The highest BCUT2D eigenvalue weighted by atomic mass is 32.1. The Morgan fingerprint density at radius 1 is 1.21 bits per heavy atom. The highest BCUT2D eigenvalue weighted by Crippen LogP contribution is 2.23. The molecule has 0 aliphatic carbocycles. The van der Waals surface area contributed by atoms with Crippen LogP contribution in [-0.4, -0.2) is 15.3 Å². The summed E-state index contributed by atoms with van der Waals surface area (Å²) < 4.78 is 2.36. The van der Waals surface area contributed by atoms with Gasteiger partial charge < -0.3 is 4.57 Å². The molecule has 104 valence electrons. The first kappa shape index (κ1) is 14.4. The quantitative estimate of drug-likeness (QED) is 0.807. The van der Waals surface area contributed by atoms with Crippen molar-refractivity contribution >= 4 is 23.7 Å². The van der Waals surface area contributed by atoms with Crippen LogP contribution in [0.1, 0.15) is 45.0 Å². The first-order valence-corrected chi connectivity index (χ1v) is 7.76. The van der Waals surface area contributed by atoms with E-state index in [1.807, 2.05) is 0 Å². The van der Waals surface area contributed by atoms with Gasteiger partial charge in [0.2, 0.25) is 0 Å². The van der Waals surface area contributed by atoms with Crippen molar-refractivity contribution in [1.29, 1.82) is 0 Å². The minimum Gasteiger partial charge on any atom is -0.328 e. The molecule has 0 aliphatic heterocycles. The molecular formula is C16H24N2S. The summed E-state index contributed by atoms with van der Waals surface area (Å²) in [5, 5.41) is 0. The molecule has 0 spiro atoms. The lowest BCUT2D eigenvalue weighted by Gasteiger charge is -2.11. The van der Waals surface area contributed by atoms with Crippen molar-refractivity contribution < 1.29 is 0 Å². The Kier molecular flexibility index (Phi) is 4.56. The predicted molar refractivity (Wildman–Crippen MR) is 86.2 cm³/mol. The predicted octanol–water partition coefficient (Wildman–Crippen LogP) is 4.29. The molecule has 19 heavy (non-hydrogen) atoms. The summed E-state index contributed by atoms with van der Waals surface area (Å²) in [6, 6.07) is 6.69. The van der Waals surface area contributed by atoms with Crippen molar-refractivity contribution in [1.82, 2.24) is 9.55 Å². The van der Waals surface area contributed by atoms with Crippen LogP contribution >= 0.6 is 12.6 Å². The van der Waals surface area contributed by atoms with E-state index in [4.69, 9.17) is 4.98 Å². The Morgan fingerprint density at radius 2 is 1.95 bits per heavy atom. The Labute approximate surface area is 121 Å². The fourth-order valence-electron chi connectivity index (χ4n) is 2.42. The monoisotopic (exact) mass is 276 g/mol. The molecule has 0 saturated carbocycles. The summed E-state index contributed by atoms with van der Waals surface area (Å²) in [7, 11) is 0. The number of hydrogen-bond donors (Lipinski definition) is 1. The van der Waals surface area contributed by atoms with Crippen molar-refractivity contribution in [2.45, 2.75) is 46.6 Å². The lowest BCUT2D eigenvalue weighted by Crippen LogP contribution is -2.09. The smallest absolute Gasteiger partial charge is 0.110 e. The van der Waals surface area contributed by atoms with Gasteiger partial charge in [0, 0.05) is 13.0 Å². The number of rotatable bonds is 5. The second-order valence-corrected chi connectivity index (χ2v) is 6.36. The Morgan fingerprint density at radius 3 is 2.53 bits per heavy atom. The number of benzene rings is 1. The maximum atomic E-state index is 4.81. The van der Waals surface area contributed by atoms with Gasteiger partial charge in [-0.15, -0.1) is 0 Å². The standard InChI is InChI=1S/C16H24N2S/c1-11(2)10-18-15-6-5-13(12(3)4)9-14(15)17-16(18)7-8-19/h5-6,9,11-12,19H,7-8,10H2,1-4H3. The van der Waals surface area contributed by atoms with E-state index < -0.39 is 0 Å². The number of imidazole rings is 1. The maximum absolute atomic E-state index is 4.81. The van der Waals surface area contributed by atoms with E-state index in [2.05, 4.69) is 63.1 Å². The van der Waals surface area contributed by atoms with Gasteiger partial charge in [0.15, 0.2) is 0 Å². The van der Waals surface area contributed by atoms with Crippen LogP contribution in [0, 0.1) is 5.92 Å². The molecular weight excluding hydrogens is 252 g/mol. The average Bonchev–Trinajstić information content (AvgIpc) is 2.66. The molecule has 0 unspecified atom stereocenters. The van der Waals surface area contributed by atoms with Crippen LogP contribution < -0.4 is 0 Å². The molecule has 0 aliphatic rings. The molecule has 0 saturated heterocycles. The number of aromatic nitrogens is 2. The molecule has 0 amide bonds. The minimum atomic E-state index is 0.549. The van der Waals surface area contributed by atoms with E-state index in [1.54, 1.807) is 0 Å². The fourth-order valence-corrected chi connectivity index (χ4v) is 2.62. The number of fused-ring (bicyclic) bond motifs is 1. The first-order chi connectivity index (χ1) is 9.02. The van der Waals surface area contributed by atoms with Gasteiger partial charge in [0.05, 0.1) is 11.0 Å². The van der Waals surface area contributed by atoms with Crippen molar-refractivity contribution in [3.8, 4) is 0 Å². The van der Waals surface area contributed by atoms with E-state index in [9.17, 15) is 0 Å². The van der Waals surface area contributed by atoms with Crippen LogP contribution in [0.15, 0.2) is 18.2 Å². The average molecular weight is 276 g/mol. The second-order valence-electron chi connectivity index (χ2n) is 5.91. The molecule has 3 heteroatoms. The van der Waals surface area contributed by atoms with Crippen molar-refractivity contribution in [2.24, 2.45) is 5.92 Å². The summed E-state index contributed by atoms with van der Waals surface area (Å²) in [5.41, 5.74) is 3.75. The molecule has 2 rings (SSSR count). The molecule has 0 fully saturated rings. The molecule has 2 aromatic rings. The summed E-state index contributed by atoms with van der Waals surface area (Å²) in [4.78, 5) is 4.81. The van der Waals surface area contributed by atoms with Crippen LogP contribution in [0.3, 0.4) is 0 Å². The topological polar surface area (TPSA) is 17.8 Å². The SMILES string of the molecule is CC(C)Cn1c(CCS)nc2cc(C(C)C)ccc21. The van der Waals surface area contributed by atoms with Crippen LogP contribution in [-0.2, 0) is 13.0 Å². The molecule has 0 radical (unpaired) electrons. The Bertz CT molecular complexity index is 555. The fraction of sp³-hybridized carbons (Fsp3) is 0.562. The minimum absolute atomic E-state index is 0.549. The maximum Gasteiger partial charge on any atom is 0.110 e. The van der Waals surface area contributed by atoms with Crippen molar-refractivity contribution in [3.63, 3.8) is 0 Å². The van der Waals surface area contributed by atoms with Crippen LogP contribution in [0.25, 0.3) is 11.0 Å². The highest BCUT2D eigenvalue weighted by molar-refractivity contribution is 7.80. The van der Waals surface area contributed by atoms with Crippen LogP contribution in [0.4, 0.5) is 0 Å². The lowest BCUT2D eigenvalue weighted by molar-refractivity contribution is 0.519. The van der Waals surface area contributed by atoms with Crippen molar-refractivity contribution in [2.75, 3.05) is 5.75 Å². The van der Waals surface area contributed by atoms with Gasteiger partial charge in [0.25, 0.3) is 0 Å². The molecule has 1 aromatic heterocycles. The third-order valence-corrected chi connectivity index (χ3v) is 3.62. The van der Waals surface area contributed by atoms with E-state index in [0.29, 0.717) is 11.8 Å². The molecule has 2 nitrogen and oxygen atoms in total. The zero-order valence-corrected chi connectivity index (χ0v) is 13.2. The van der Waals surface area contributed by atoms with Gasteiger partial charge in [-0.05, 0) is 35.3 Å². The summed E-state index contributed by atoms with van der Waals surface area (Å²) in [6.45, 7) is 9.97. The molecule has 0 bridgehead atoms. The van der Waals surface area contributed by atoms with Crippen LogP contribution in [0.5, 0.6) is 0 Å². The second kappa shape index (κ2) is 6.00. The lowest BCUT2D eigenvalue weighted by atomic mass is 10.0. The third kappa shape index (κ3) is 3.14.